The van der Waals surface area contributed by atoms with Gasteiger partial charge in [0.15, 0.2) is 0 Å². The van der Waals surface area contributed by atoms with Crippen molar-refractivity contribution < 1.29 is 28.9 Å². The lowest BCUT2D eigenvalue weighted by Crippen LogP contribution is -2.26. The molecule has 0 bridgehead atoms. The van der Waals surface area contributed by atoms with Crippen LogP contribution >= 0.6 is 0 Å². The van der Waals surface area contributed by atoms with Crippen molar-refractivity contribution in [3.8, 4) is 22.3 Å². The third-order valence-corrected chi connectivity index (χ3v) is 16.0. The van der Waals surface area contributed by atoms with Crippen LogP contribution in [0, 0.1) is 5.92 Å². The molecule has 1 saturated carbocycles. The van der Waals surface area contributed by atoms with Crippen molar-refractivity contribution in [1.82, 2.24) is 0 Å². The van der Waals surface area contributed by atoms with Gasteiger partial charge in [0.1, 0.15) is 11.4 Å². The molecule has 8 rings (SSSR count). The zero-order valence-corrected chi connectivity index (χ0v) is 42.9. The van der Waals surface area contributed by atoms with Crippen LogP contribution in [0.25, 0.3) is 22.3 Å². The van der Waals surface area contributed by atoms with Gasteiger partial charge in [-0.05, 0) is 144 Å². The van der Waals surface area contributed by atoms with Gasteiger partial charge in [-0.3, -0.25) is 9.59 Å². The Morgan fingerprint density at radius 2 is 1.15 bits per heavy atom. The number of Topliss-reactive ketones (excluding diaryl/α,β-unsaturated/α-hetero) is 2. The standard InChI is InChI=1S/C63H72N2O6/c1-7-12-13-14-18-28-57(64-70-42(6)66)59(67)47-30-33-51-52-39-46(31-34-54(52)63(35-8-2,36-9-3)56(51)41-47)45-25-21-22-43(37-45)38-58(65-71-61(69)44-23-16-15-17-24-44)60(68)48-29-32-50-49-26-19-20-27-53(49)62(10-4,11-5)55(50)40-48/h15-17,19-20,23-24,26-27,29-34,39-41,43,45H,7-14,18,21-22,25,28,35-38H2,1-6H3/b64-57+,65-58+. The molecule has 8 nitrogen and oxygen atoms in total. The fourth-order valence-corrected chi connectivity index (χ4v) is 12.5. The lowest BCUT2D eigenvalue weighted by molar-refractivity contribution is -0.140. The molecule has 8 heteroatoms. The molecule has 0 spiro atoms. The van der Waals surface area contributed by atoms with E-state index < -0.39 is 11.9 Å². The molecular formula is C63H72N2O6. The fourth-order valence-electron chi connectivity index (χ4n) is 12.5. The number of hydrogen-bond donors (Lipinski definition) is 0. The first-order valence-electron chi connectivity index (χ1n) is 26.7. The maximum atomic E-state index is 14.9. The van der Waals surface area contributed by atoms with Gasteiger partial charge < -0.3 is 9.68 Å². The molecule has 1 fully saturated rings. The average molecular weight is 953 g/mol. The van der Waals surface area contributed by atoms with E-state index in [1.54, 1.807) is 24.3 Å². The van der Waals surface area contributed by atoms with Gasteiger partial charge in [0.25, 0.3) is 0 Å². The molecule has 0 amide bonds. The molecule has 0 heterocycles. The SMILES string of the molecule is CCCCCCC/C(=N\OC(C)=O)C(=O)c1ccc2c(c1)C(CCC)(CCC)c1ccc(C3CCCC(C/C(=N\OC(=O)c4ccccc4)C(=O)c4ccc5c(c4)C(CC)(CC)c4ccccc4-5)C3)cc1-2. The lowest BCUT2D eigenvalue weighted by atomic mass is 9.70. The average Bonchev–Trinajstić information content (AvgIpc) is 3.83. The van der Waals surface area contributed by atoms with E-state index in [4.69, 9.17) is 9.68 Å². The molecule has 3 aliphatic carbocycles. The minimum absolute atomic E-state index is 0.138. The van der Waals surface area contributed by atoms with E-state index in [0.29, 0.717) is 29.5 Å². The highest BCUT2D eigenvalue weighted by Crippen LogP contribution is 2.56. The highest BCUT2D eigenvalue weighted by Gasteiger charge is 2.44. The van der Waals surface area contributed by atoms with Crippen LogP contribution in [0.1, 0.15) is 216 Å². The minimum Gasteiger partial charge on any atom is -0.318 e. The Kier molecular flexibility index (Phi) is 16.4. The summed E-state index contributed by atoms with van der Waals surface area (Å²) in [6.45, 7) is 12.4. The minimum atomic E-state index is -0.594. The zero-order chi connectivity index (χ0) is 50.1. The Bertz CT molecular complexity index is 2810. The monoisotopic (exact) mass is 953 g/mol. The number of ketones is 2. The first-order valence-corrected chi connectivity index (χ1v) is 26.7. The topological polar surface area (TPSA) is 111 Å². The molecule has 0 aromatic heterocycles. The summed E-state index contributed by atoms with van der Waals surface area (Å²) in [7, 11) is 0. The summed E-state index contributed by atoms with van der Waals surface area (Å²) in [6, 6.07) is 36.7. The molecular weight excluding hydrogens is 881 g/mol. The number of rotatable bonds is 22. The summed E-state index contributed by atoms with van der Waals surface area (Å²) in [6.07, 6.45) is 15.5. The van der Waals surface area contributed by atoms with E-state index in [1.807, 2.05) is 18.2 Å². The summed E-state index contributed by atoms with van der Waals surface area (Å²) >= 11 is 0. The van der Waals surface area contributed by atoms with Crippen molar-refractivity contribution in [2.45, 2.75) is 167 Å². The molecule has 0 N–H and O–H groups in total. The smallest absolute Gasteiger partial charge is 0.318 e. The second kappa shape index (κ2) is 22.9. The summed E-state index contributed by atoms with van der Waals surface area (Å²) in [5.41, 5.74) is 12.6. The van der Waals surface area contributed by atoms with Gasteiger partial charge in [0, 0.05) is 28.9 Å². The lowest BCUT2D eigenvalue weighted by Gasteiger charge is -2.33. The van der Waals surface area contributed by atoms with Crippen LogP contribution in [0.3, 0.4) is 0 Å². The van der Waals surface area contributed by atoms with E-state index in [2.05, 4.69) is 112 Å². The van der Waals surface area contributed by atoms with Crippen molar-refractivity contribution in [3.05, 3.63) is 154 Å². The van der Waals surface area contributed by atoms with Gasteiger partial charge in [-0.2, -0.15) is 0 Å². The van der Waals surface area contributed by atoms with Crippen LogP contribution in [0.2, 0.25) is 0 Å². The molecule has 5 aromatic carbocycles. The maximum Gasteiger partial charge on any atom is 0.365 e. The molecule has 370 valence electrons. The Labute approximate surface area is 421 Å². The number of hydrogen-bond acceptors (Lipinski definition) is 8. The first kappa shape index (κ1) is 51.1. The largest absolute Gasteiger partial charge is 0.365 e. The molecule has 0 aliphatic heterocycles. The predicted octanol–water partition coefficient (Wildman–Crippen LogP) is 15.9. The number of carbonyl (C=O) groups excluding carboxylic acids is 4. The van der Waals surface area contributed by atoms with Crippen LogP contribution in [0.15, 0.2) is 120 Å². The number of oxime groups is 2. The third kappa shape index (κ3) is 10.4. The Hall–Kier alpha value is -6.28. The molecule has 2 atom stereocenters. The third-order valence-electron chi connectivity index (χ3n) is 16.0. The van der Waals surface area contributed by atoms with Crippen LogP contribution < -0.4 is 0 Å². The van der Waals surface area contributed by atoms with Gasteiger partial charge in [-0.1, -0.05) is 181 Å². The highest BCUT2D eigenvalue weighted by molar-refractivity contribution is 6.46. The maximum absolute atomic E-state index is 14.9. The predicted molar refractivity (Wildman–Crippen MR) is 286 cm³/mol. The normalized spacial score (nSPS) is 17.4. The number of benzene rings is 5. The number of carbonyl (C=O) groups is 4. The molecule has 0 saturated heterocycles. The van der Waals surface area contributed by atoms with Crippen LogP contribution in [0.4, 0.5) is 0 Å². The molecule has 5 aromatic rings. The molecule has 2 unspecified atom stereocenters. The second-order valence-corrected chi connectivity index (χ2v) is 20.4. The van der Waals surface area contributed by atoms with Gasteiger partial charge >= 0.3 is 11.9 Å². The van der Waals surface area contributed by atoms with Gasteiger partial charge in [0.05, 0.1) is 5.56 Å². The first-order chi connectivity index (χ1) is 34.5. The zero-order valence-electron chi connectivity index (χ0n) is 42.9. The highest BCUT2D eigenvalue weighted by atomic mass is 16.7. The van der Waals surface area contributed by atoms with Gasteiger partial charge in [-0.15, -0.1) is 0 Å². The summed E-state index contributed by atoms with van der Waals surface area (Å²) in [5, 5.41) is 8.54. The Morgan fingerprint density at radius 1 is 0.549 bits per heavy atom. The Morgan fingerprint density at radius 3 is 1.83 bits per heavy atom. The summed E-state index contributed by atoms with van der Waals surface area (Å²) in [5.74, 6) is -1.14. The summed E-state index contributed by atoms with van der Waals surface area (Å²) < 4.78 is 0. The van der Waals surface area contributed by atoms with E-state index in [9.17, 15) is 19.2 Å². The van der Waals surface area contributed by atoms with E-state index in [1.165, 1.54) is 57.0 Å². The molecule has 3 aliphatic rings. The fraction of sp³-hybridized carbons (Fsp3) is 0.429. The van der Waals surface area contributed by atoms with Crippen LogP contribution in [-0.2, 0) is 25.3 Å². The number of unbranched alkanes of at least 4 members (excludes halogenated alkanes) is 4. The van der Waals surface area contributed by atoms with Gasteiger partial charge in [0.2, 0.25) is 11.6 Å². The second-order valence-electron chi connectivity index (χ2n) is 20.4. The van der Waals surface area contributed by atoms with Crippen molar-refractivity contribution >= 4 is 34.9 Å². The van der Waals surface area contributed by atoms with E-state index in [0.717, 1.165) is 96.3 Å². The number of nitrogens with zero attached hydrogens (tertiary/aromatic N) is 2. The van der Waals surface area contributed by atoms with Gasteiger partial charge in [-0.25, -0.2) is 9.59 Å². The van der Waals surface area contributed by atoms with Crippen molar-refractivity contribution in [2.24, 2.45) is 16.2 Å². The Balaban J connectivity index is 1.09. The van der Waals surface area contributed by atoms with E-state index in [-0.39, 0.29) is 45.7 Å². The van der Waals surface area contributed by atoms with Crippen molar-refractivity contribution in [3.63, 3.8) is 0 Å². The summed E-state index contributed by atoms with van der Waals surface area (Å²) in [4.78, 5) is 65.0. The van der Waals surface area contributed by atoms with Crippen molar-refractivity contribution in [2.75, 3.05) is 0 Å². The van der Waals surface area contributed by atoms with Crippen LogP contribution in [0.5, 0.6) is 0 Å². The quantitative estimate of drug-likeness (QED) is 0.0225. The van der Waals surface area contributed by atoms with E-state index >= 15 is 0 Å². The molecule has 0 radical (unpaired) electrons. The van der Waals surface area contributed by atoms with Crippen LogP contribution in [-0.4, -0.2) is 34.9 Å². The van der Waals surface area contributed by atoms with Crippen molar-refractivity contribution in [1.29, 1.82) is 0 Å². The number of fused-ring (bicyclic) bond motifs is 6. The molecule has 71 heavy (non-hydrogen) atoms.